The molecule has 0 aliphatic carbocycles. The molecule has 0 saturated heterocycles. The zero-order chi connectivity index (χ0) is 21.1. The molecular formula is C23H26N2O4. The molecule has 29 heavy (non-hydrogen) atoms. The largest absolute Gasteiger partial charge is 0.451 e. The van der Waals surface area contributed by atoms with Crippen molar-refractivity contribution in [1.82, 2.24) is 5.32 Å². The SMILES string of the molecule is CCCCc1ccc(NC(=O)COC(=O)/C(=C\c2ccccc2)NC(C)=O)cc1. The summed E-state index contributed by atoms with van der Waals surface area (Å²) in [5.41, 5.74) is 2.54. The van der Waals surface area contributed by atoms with Crippen molar-refractivity contribution in [3.05, 3.63) is 71.4 Å². The number of ether oxygens (including phenoxy) is 1. The molecule has 0 spiro atoms. The number of anilines is 1. The van der Waals surface area contributed by atoms with Crippen LogP contribution in [0, 0.1) is 0 Å². The van der Waals surface area contributed by atoms with Gasteiger partial charge in [-0.3, -0.25) is 9.59 Å². The summed E-state index contributed by atoms with van der Waals surface area (Å²) in [4.78, 5) is 35.8. The Morgan fingerprint density at radius 1 is 1.00 bits per heavy atom. The quantitative estimate of drug-likeness (QED) is 0.502. The first-order valence-corrected chi connectivity index (χ1v) is 9.58. The zero-order valence-electron chi connectivity index (χ0n) is 16.7. The first-order chi connectivity index (χ1) is 14.0. The van der Waals surface area contributed by atoms with Gasteiger partial charge in [-0.25, -0.2) is 4.79 Å². The topological polar surface area (TPSA) is 84.5 Å². The maximum atomic E-state index is 12.3. The van der Waals surface area contributed by atoms with Crippen molar-refractivity contribution in [3.63, 3.8) is 0 Å². The van der Waals surface area contributed by atoms with Gasteiger partial charge < -0.3 is 15.4 Å². The number of carbonyl (C=O) groups excluding carboxylic acids is 3. The molecule has 2 aromatic rings. The van der Waals surface area contributed by atoms with Crippen molar-refractivity contribution < 1.29 is 19.1 Å². The Labute approximate surface area is 171 Å². The molecule has 6 nitrogen and oxygen atoms in total. The van der Waals surface area contributed by atoms with E-state index in [0.717, 1.165) is 24.8 Å². The fraction of sp³-hybridized carbons (Fsp3) is 0.261. The molecule has 0 heterocycles. The van der Waals surface area contributed by atoms with Crippen molar-refractivity contribution in [2.75, 3.05) is 11.9 Å². The third kappa shape index (κ3) is 8.01. The van der Waals surface area contributed by atoms with Crippen molar-refractivity contribution in [1.29, 1.82) is 0 Å². The van der Waals surface area contributed by atoms with Crippen molar-refractivity contribution in [3.8, 4) is 0 Å². The van der Waals surface area contributed by atoms with Crippen LogP contribution >= 0.6 is 0 Å². The van der Waals surface area contributed by atoms with E-state index in [1.165, 1.54) is 18.6 Å². The lowest BCUT2D eigenvalue weighted by molar-refractivity contribution is -0.144. The van der Waals surface area contributed by atoms with Gasteiger partial charge in [-0.2, -0.15) is 0 Å². The van der Waals surface area contributed by atoms with Crippen LogP contribution in [0.5, 0.6) is 0 Å². The Bertz CT molecular complexity index is 858. The average Bonchev–Trinajstić information content (AvgIpc) is 2.71. The maximum absolute atomic E-state index is 12.3. The first-order valence-electron chi connectivity index (χ1n) is 9.58. The molecule has 0 aromatic heterocycles. The first kappa shape index (κ1) is 21.9. The Morgan fingerprint density at radius 3 is 2.31 bits per heavy atom. The highest BCUT2D eigenvalue weighted by Crippen LogP contribution is 2.12. The van der Waals surface area contributed by atoms with E-state index >= 15 is 0 Å². The molecule has 0 atom stereocenters. The van der Waals surface area contributed by atoms with Crippen LogP contribution in [0.2, 0.25) is 0 Å². The van der Waals surface area contributed by atoms with E-state index in [4.69, 9.17) is 4.74 Å². The van der Waals surface area contributed by atoms with E-state index in [-0.39, 0.29) is 5.70 Å². The van der Waals surface area contributed by atoms with E-state index in [0.29, 0.717) is 5.69 Å². The van der Waals surface area contributed by atoms with Crippen molar-refractivity contribution in [2.45, 2.75) is 33.1 Å². The minimum atomic E-state index is -0.783. The normalized spacial score (nSPS) is 10.9. The van der Waals surface area contributed by atoms with Crippen LogP contribution in [-0.2, 0) is 25.5 Å². The van der Waals surface area contributed by atoms with Crippen LogP contribution in [-0.4, -0.2) is 24.4 Å². The van der Waals surface area contributed by atoms with Gasteiger partial charge in [0.25, 0.3) is 5.91 Å². The number of esters is 1. The van der Waals surface area contributed by atoms with Gasteiger partial charge in [0.15, 0.2) is 6.61 Å². The van der Waals surface area contributed by atoms with Crippen LogP contribution in [0.15, 0.2) is 60.3 Å². The highest BCUT2D eigenvalue weighted by atomic mass is 16.5. The van der Waals surface area contributed by atoms with Gasteiger partial charge in [-0.15, -0.1) is 0 Å². The van der Waals surface area contributed by atoms with Gasteiger partial charge in [0.05, 0.1) is 0 Å². The molecule has 0 fully saturated rings. The molecule has 2 amide bonds. The predicted octanol–water partition coefficient (Wildman–Crippen LogP) is 3.69. The highest BCUT2D eigenvalue weighted by Gasteiger charge is 2.15. The number of aryl methyl sites for hydroxylation is 1. The average molecular weight is 394 g/mol. The number of unbranched alkanes of at least 4 members (excludes halogenated alkanes) is 1. The molecule has 2 aromatic carbocycles. The third-order valence-corrected chi connectivity index (χ3v) is 4.03. The summed E-state index contributed by atoms with van der Waals surface area (Å²) in [5, 5.41) is 5.13. The third-order valence-electron chi connectivity index (χ3n) is 4.03. The summed E-state index contributed by atoms with van der Waals surface area (Å²) in [6.07, 6.45) is 4.75. The molecule has 0 bridgehead atoms. The maximum Gasteiger partial charge on any atom is 0.355 e. The molecule has 152 valence electrons. The highest BCUT2D eigenvalue weighted by molar-refractivity contribution is 5.99. The second-order valence-corrected chi connectivity index (χ2v) is 6.57. The van der Waals surface area contributed by atoms with Gasteiger partial charge >= 0.3 is 5.97 Å². The minimum absolute atomic E-state index is 0.0308. The molecule has 2 N–H and O–H groups in total. The van der Waals surface area contributed by atoms with Gasteiger partial charge in [0, 0.05) is 12.6 Å². The number of carbonyl (C=O) groups is 3. The van der Waals surface area contributed by atoms with Gasteiger partial charge in [-0.1, -0.05) is 55.8 Å². The zero-order valence-corrected chi connectivity index (χ0v) is 16.7. The number of nitrogens with one attached hydrogen (secondary N) is 2. The summed E-state index contributed by atoms with van der Waals surface area (Å²) in [7, 11) is 0. The smallest absolute Gasteiger partial charge is 0.355 e. The molecule has 0 aliphatic heterocycles. The number of rotatable bonds is 9. The van der Waals surface area contributed by atoms with Crippen LogP contribution < -0.4 is 10.6 Å². The molecule has 0 saturated carbocycles. The molecule has 0 aliphatic rings. The summed E-state index contributed by atoms with van der Waals surface area (Å²) in [6.45, 7) is 2.98. The fourth-order valence-electron chi connectivity index (χ4n) is 2.59. The van der Waals surface area contributed by atoms with Gasteiger partial charge in [-0.05, 0) is 42.2 Å². The standard InChI is InChI=1S/C23H26N2O4/c1-3-4-8-18-11-13-20(14-12-18)25-22(27)16-29-23(28)21(24-17(2)26)15-19-9-6-5-7-10-19/h5-7,9-15H,3-4,8,16H2,1-2H3,(H,24,26)(H,25,27)/b21-15+. The lowest BCUT2D eigenvalue weighted by Gasteiger charge is -2.10. The molecular weight excluding hydrogens is 368 g/mol. The Kier molecular flexibility index (Phi) is 8.63. The van der Waals surface area contributed by atoms with Crippen LogP contribution in [0.3, 0.4) is 0 Å². The summed E-state index contributed by atoms with van der Waals surface area (Å²) in [6, 6.07) is 16.6. The van der Waals surface area contributed by atoms with Crippen LogP contribution in [0.1, 0.15) is 37.8 Å². The lowest BCUT2D eigenvalue weighted by Crippen LogP contribution is -2.28. The minimum Gasteiger partial charge on any atom is -0.451 e. The summed E-state index contributed by atoms with van der Waals surface area (Å²) < 4.78 is 5.05. The molecule has 6 heteroatoms. The molecule has 2 rings (SSSR count). The second kappa shape index (κ2) is 11.4. The number of hydrogen-bond donors (Lipinski definition) is 2. The van der Waals surface area contributed by atoms with E-state index < -0.39 is 24.4 Å². The predicted molar refractivity (Wildman–Crippen MR) is 113 cm³/mol. The van der Waals surface area contributed by atoms with Gasteiger partial charge in [0.1, 0.15) is 5.70 Å². The van der Waals surface area contributed by atoms with E-state index in [1.54, 1.807) is 12.1 Å². The number of benzene rings is 2. The molecule has 0 radical (unpaired) electrons. The summed E-state index contributed by atoms with van der Waals surface area (Å²) in [5.74, 6) is -1.65. The fourth-order valence-corrected chi connectivity index (χ4v) is 2.59. The second-order valence-electron chi connectivity index (χ2n) is 6.57. The van der Waals surface area contributed by atoms with Crippen molar-refractivity contribution in [2.24, 2.45) is 0 Å². The monoisotopic (exact) mass is 394 g/mol. The van der Waals surface area contributed by atoms with Crippen LogP contribution in [0.4, 0.5) is 5.69 Å². The van der Waals surface area contributed by atoms with E-state index in [9.17, 15) is 14.4 Å². The van der Waals surface area contributed by atoms with E-state index in [2.05, 4.69) is 17.6 Å². The molecule has 0 unspecified atom stereocenters. The van der Waals surface area contributed by atoms with Crippen LogP contribution in [0.25, 0.3) is 6.08 Å². The Balaban J connectivity index is 1.92. The summed E-state index contributed by atoms with van der Waals surface area (Å²) >= 11 is 0. The van der Waals surface area contributed by atoms with Crippen molar-refractivity contribution >= 4 is 29.5 Å². The Morgan fingerprint density at radius 2 is 1.69 bits per heavy atom. The van der Waals surface area contributed by atoms with E-state index in [1.807, 2.05) is 42.5 Å². The number of hydrogen-bond acceptors (Lipinski definition) is 4. The number of amides is 2. The van der Waals surface area contributed by atoms with Gasteiger partial charge in [0.2, 0.25) is 5.91 Å². The Hall–Kier alpha value is -3.41. The lowest BCUT2D eigenvalue weighted by atomic mass is 10.1.